The Morgan fingerprint density at radius 3 is 2.54 bits per heavy atom. The number of carbonyl (C=O) groups is 2. The Bertz CT molecular complexity index is 732. The van der Waals surface area contributed by atoms with Crippen LogP contribution in [0.5, 0.6) is 5.75 Å². The Morgan fingerprint density at radius 1 is 1.08 bits per heavy atom. The molecule has 2 rings (SSSR count). The second kappa shape index (κ2) is 8.68. The fraction of sp³-hybridized carbons (Fsp3) is 0.222. The number of amides is 2. The molecule has 2 amide bonds. The van der Waals surface area contributed by atoms with Crippen LogP contribution in [0.25, 0.3) is 0 Å². The van der Waals surface area contributed by atoms with Crippen molar-refractivity contribution in [3.63, 3.8) is 0 Å². The SMILES string of the molecule is CC(C)c1ccccc1OCC(=O)NNC(=O)c1cccc(I)c1. The summed E-state index contributed by atoms with van der Waals surface area (Å²) in [4.78, 5) is 23.8. The van der Waals surface area contributed by atoms with E-state index in [1.165, 1.54) is 0 Å². The van der Waals surface area contributed by atoms with Crippen LogP contribution >= 0.6 is 22.6 Å². The van der Waals surface area contributed by atoms with E-state index in [0.29, 0.717) is 17.2 Å². The molecular weight excluding hydrogens is 419 g/mol. The molecule has 0 atom stereocenters. The summed E-state index contributed by atoms with van der Waals surface area (Å²) in [6, 6.07) is 14.7. The van der Waals surface area contributed by atoms with E-state index in [0.717, 1.165) is 9.13 Å². The average molecular weight is 438 g/mol. The molecule has 0 aliphatic carbocycles. The Labute approximate surface area is 154 Å². The van der Waals surface area contributed by atoms with Crippen molar-refractivity contribution in [3.8, 4) is 5.75 Å². The average Bonchev–Trinajstić information content (AvgIpc) is 2.58. The third-order valence-electron chi connectivity index (χ3n) is 3.30. The van der Waals surface area contributed by atoms with Gasteiger partial charge in [-0.1, -0.05) is 38.1 Å². The lowest BCUT2D eigenvalue weighted by Crippen LogP contribution is -2.43. The van der Waals surface area contributed by atoms with Crippen LogP contribution in [0.15, 0.2) is 48.5 Å². The number of hydrazine groups is 1. The number of hydrogen-bond donors (Lipinski definition) is 2. The van der Waals surface area contributed by atoms with Crippen LogP contribution in [0.4, 0.5) is 0 Å². The minimum absolute atomic E-state index is 0.170. The first-order chi connectivity index (χ1) is 11.5. The van der Waals surface area contributed by atoms with Gasteiger partial charge in [0, 0.05) is 9.13 Å². The van der Waals surface area contributed by atoms with Crippen LogP contribution in [0, 0.1) is 3.57 Å². The molecule has 0 radical (unpaired) electrons. The van der Waals surface area contributed by atoms with Crippen molar-refractivity contribution >= 4 is 34.4 Å². The van der Waals surface area contributed by atoms with Crippen molar-refractivity contribution < 1.29 is 14.3 Å². The molecule has 6 heteroatoms. The molecule has 0 fully saturated rings. The van der Waals surface area contributed by atoms with Crippen LogP contribution in [-0.4, -0.2) is 18.4 Å². The first-order valence-corrected chi connectivity index (χ1v) is 8.61. The molecule has 0 spiro atoms. The number of ether oxygens (including phenoxy) is 1. The Kier molecular flexibility index (Phi) is 6.60. The zero-order chi connectivity index (χ0) is 17.5. The predicted molar refractivity (Wildman–Crippen MR) is 101 cm³/mol. The monoisotopic (exact) mass is 438 g/mol. The fourth-order valence-corrected chi connectivity index (χ4v) is 2.64. The van der Waals surface area contributed by atoms with E-state index in [2.05, 4.69) is 47.3 Å². The summed E-state index contributed by atoms with van der Waals surface area (Å²) in [7, 11) is 0. The molecule has 2 N–H and O–H groups in total. The zero-order valence-corrected chi connectivity index (χ0v) is 15.7. The molecule has 2 aromatic rings. The Hall–Kier alpha value is -2.09. The molecule has 2 aromatic carbocycles. The van der Waals surface area contributed by atoms with E-state index in [1.54, 1.807) is 18.2 Å². The molecule has 0 unspecified atom stereocenters. The second-order valence-corrected chi connectivity index (χ2v) is 6.74. The summed E-state index contributed by atoms with van der Waals surface area (Å²) in [5.41, 5.74) is 6.25. The van der Waals surface area contributed by atoms with Gasteiger partial charge in [-0.3, -0.25) is 20.4 Å². The van der Waals surface area contributed by atoms with Crippen LogP contribution < -0.4 is 15.6 Å². The largest absolute Gasteiger partial charge is 0.483 e. The highest BCUT2D eigenvalue weighted by atomic mass is 127. The minimum Gasteiger partial charge on any atom is -0.483 e. The molecule has 126 valence electrons. The Balaban J connectivity index is 1.85. The highest BCUT2D eigenvalue weighted by molar-refractivity contribution is 14.1. The zero-order valence-electron chi connectivity index (χ0n) is 13.5. The lowest BCUT2D eigenvalue weighted by atomic mass is 10.0. The van der Waals surface area contributed by atoms with Gasteiger partial charge in [0.2, 0.25) is 0 Å². The predicted octanol–water partition coefficient (Wildman–Crippen LogP) is 3.25. The number of rotatable bonds is 5. The van der Waals surface area contributed by atoms with Crippen molar-refractivity contribution in [1.29, 1.82) is 0 Å². The van der Waals surface area contributed by atoms with Gasteiger partial charge in [-0.2, -0.15) is 0 Å². The van der Waals surface area contributed by atoms with Gasteiger partial charge in [0.05, 0.1) is 0 Å². The minimum atomic E-state index is -0.424. The second-order valence-electron chi connectivity index (χ2n) is 5.49. The molecule has 5 nitrogen and oxygen atoms in total. The first-order valence-electron chi connectivity index (χ1n) is 7.54. The Morgan fingerprint density at radius 2 is 1.83 bits per heavy atom. The molecule has 0 aliphatic heterocycles. The number of halogens is 1. The lowest BCUT2D eigenvalue weighted by molar-refractivity contribution is -0.123. The standard InChI is InChI=1S/C18H19IN2O3/c1-12(2)15-8-3-4-9-16(15)24-11-17(22)20-21-18(23)13-6-5-7-14(19)10-13/h3-10,12H,11H2,1-2H3,(H,20,22)(H,21,23). The summed E-state index contributed by atoms with van der Waals surface area (Å²) in [6.07, 6.45) is 0. The normalized spacial score (nSPS) is 10.3. The molecule has 0 heterocycles. The molecule has 24 heavy (non-hydrogen) atoms. The summed E-state index contributed by atoms with van der Waals surface area (Å²) in [5.74, 6) is 0.174. The first kappa shape index (κ1) is 18.3. The molecule has 0 saturated heterocycles. The van der Waals surface area contributed by atoms with Crippen molar-refractivity contribution in [2.75, 3.05) is 6.61 Å². The number of benzene rings is 2. The molecule has 0 saturated carbocycles. The van der Waals surface area contributed by atoms with Gasteiger partial charge in [-0.05, 0) is 58.3 Å². The maximum Gasteiger partial charge on any atom is 0.276 e. The number of hydrogen-bond acceptors (Lipinski definition) is 3. The molecular formula is C18H19IN2O3. The summed E-state index contributed by atoms with van der Waals surface area (Å²) in [5, 5.41) is 0. The number of nitrogens with one attached hydrogen (secondary N) is 2. The van der Waals surface area contributed by atoms with E-state index in [-0.39, 0.29) is 12.5 Å². The lowest BCUT2D eigenvalue weighted by Gasteiger charge is -2.14. The topological polar surface area (TPSA) is 67.4 Å². The summed E-state index contributed by atoms with van der Waals surface area (Å²) < 4.78 is 6.50. The maximum absolute atomic E-state index is 11.9. The van der Waals surface area contributed by atoms with E-state index < -0.39 is 5.91 Å². The van der Waals surface area contributed by atoms with Crippen LogP contribution in [-0.2, 0) is 4.79 Å². The maximum atomic E-state index is 11.9. The van der Waals surface area contributed by atoms with E-state index in [1.807, 2.05) is 30.3 Å². The van der Waals surface area contributed by atoms with Crippen molar-refractivity contribution in [1.82, 2.24) is 10.9 Å². The molecule has 0 aliphatic rings. The van der Waals surface area contributed by atoms with E-state index in [4.69, 9.17) is 4.74 Å². The van der Waals surface area contributed by atoms with Gasteiger partial charge in [0.25, 0.3) is 11.8 Å². The van der Waals surface area contributed by atoms with Gasteiger partial charge in [0.1, 0.15) is 5.75 Å². The molecule has 0 aromatic heterocycles. The summed E-state index contributed by atoms with van der Waals surface area (Å²) in [6.45, 7) is 3.95. The van der Waals surface area contributed by atoms with Crippen LogP contribution in [0.1, 0.15) is 35.7 Å². The fourth-order valence-electron chi connectivity index (χ4n) is 2.10. The van der Waals surface area contributed by atoms with E-state index in [9.17, 15) is 9.59 Å². The van der Waals surface area contributed by atoms with Crippen molar-refractivity contribution in [3.05, 3.63) is 63.2 Å². The van der Waals surface area contributed by atoms with Crippen molar-refractivity contribution in [2.24, 2.45) is 0 Å². The quantitative estimate of drug-likeness (QED) is 0.557. The third kappa shape index (κ3) is 5.23. The van der Waals surface area contributed by atoms with Crippen LogP contribution in [0.2, 0.25) is 0 Å². The highest BCUT2D eigenvalue weighted by Crippen LogP contribution is 2.25. The third-order valence-corrected chi connectivity index (χ3v) is 3.97. The van der Waals surface area contributed by atoms with E-state index >= 15 is 0 Å². The van der Waals surface area contributed by atoms with Gasteiger partial charge >= 0.3 is 0 Å². The highest BCUT2D eigenvalue weighted by Gasteiger charge is 2.10. The van der Waals surface area contributed by atoms with Gasteiger partial charge < -0.3 is 4.74 Å². The smallest absolute Gasteiger partial charge is 0.276 e. The van der Waals surface area contributed by atoms with Gasteiger partial charge in [-0.25, -0.2) is 0 Å². The van der Waals surface area contributed by atoms with Gasteiger partial charge in [-0.15, -0.1) is 0 Å². The number of carbonyl (C=O) groups excluding carboxylic acids is 2. The molecule has 0 bridgehead atoms. The van der Waals surface area contributed by atoms with Crippen molar-refractivity contribution in [2.45, 2.75) is 19.8 Å². The number of para-hydroxylation sites is 1. The summed E-state index contributed by atoms with van der Waals surface area (Å²) >= 11 is 2.12. The van der Waals surface area contributed by atoms with Crippen LogP contribution in [0.3, 0.4) is 0 Å². The van der Waals surface area contributed by atoms with Gasteiger partial charge in [0.15, 0.2) is 6.61 Å².